The van der Waals surface area contributed by atoms with Crippen LogP contribution in [0.25, 0.3) is 0 Å². The maximum Gasteiger partial charge on any atom is 0.205 e. The molecule has 1 aromatic heterocycles. The molecule has 1 aromatic carbocycles. The number of thiophene rings is 1. The maximum absolute atomic E-state index is 12.1. The van der Waals surface area contributed by atoms with E-state index in [0.29, 0.717) is 21.2 Å². The average Bonchev–Trinajstić information content (AvgIpc) is 2.67. The molecule has 5 heteroatoms. The first-order valence-electron chi connectivity index (χ1n) is 4.42. The Kier molecular flexibility index (Phi) is 3.33. The first kappa shape index (κ1) is 11.6. The molecular weight excluding hydrogens is 310 g/mol. The van der Waals surface area contributed by atoms with Crippen LogP contribution in [0, 0.1) is 0 Å². The van der Waals surface area contributed by atoms with Gasteiger partial charge >= 0.3 is 0 Å². The lowest BCUT2D eigenvalue weighted by Crippen LogP contribution is -2.01. The minimum atomic E-state index is -0.112. The zero-order valence-electron chi connectivity index (χ0n) is 8.04. The third-order valence-corrected chi connectivity index (χ3v) is 4.09. The molecule has 2 rings (SSSR count). The fourth-order valence-electron chi connectivity index (χ4n) is 1.29. The van der Waals surface area contributed by atoms with Crippen LogP contribution in [0.3, 0.4) is 0 Å². The molecule has 0 saturated carbocycles. The lowest BCUT2D eigenvalue weighted by atomic mass is 10.1. The first-order chi connectivity index (χ1) is 7.59. The highest BCUT2D eigenvalue weighted by atomic mass is 79.9. The van der Waals surface area contributed by atoms with Crippen molar-refractivity contribution in [3.05, 3.63) is 49.6 Å². The number of halogens is 2. The molecule has 2 N–H and O–H groups in total. The number of anilines is 1. The Morgan fingerprint density at radius 3 is 2.75 bits per heavy atom. The lowest BCUT2D eigenvalue weighted by molar-refractivity contribution is 0.104. The molecule has 0 aliphatic rings. The molecule has 2 aromatic rings. The van der Waals surface area contributed by atoms with Crippen molar-refractivity contribution < 1.29 is 4.79 Å². The smallest absolute Gasteiger partial charge is 0.205 e. The third-order valence-electron chi connectivity index (χ3n) is 2.06. The Balaban J connectivity index is 2.49. The zero-order chi connectivity index (χ0) is 11.7. The van der Waals surface area contributed by atoms with Crippen LogP contribution in [0.2, 0.25) is 5.02 Å². The van der Waals surface area contributed by atoms with Crippen molar-refractivity contribution in [3.63, 3.8) is 0 Å². The molecule has 0 aliphatic carbocycles. The largest absolute Gasteiger partial charge is 0.399 e. The summed E-state index contributed by atoms with van der Waals surface area (Å²) in [5.74, 6) is -0.112. The van der Waals surface area contributed by atoms with Crippen LogP contribution in [0.15, 0.2) is 34.1 Å². The van der Waals surface area contributed by atoms with Gasteiger partial charge in [-0.3, -0.25) is 4.79 Å². The predicted octanol–water partition coefficient (Wildman–Crippen LogP) is 3.98. The second kappa shape index (κ2) is 4.57. The van der Waals surface area contributed by atoms with Gasteiger partial charge in [0.1, 0.15) is 0 Å². The Hall–Kier alpha value is -0.840. The van der Waals surface area contributed by atoms with E-state index in [1.54, 1.807) is 29.6 Å². The van der Waals surface area contributed by atoms with E-state index in [4.69, 9.17) is 17.3 Å². The van der Waals surface area contributed by atoms with Crippen LogP contribution in [0.5, 0.6) is 0 Å². The van der Waals surface area contributed by atoms with Crippen LogP contribution < -0.4 is 5.73 Å². The molecule has 0 amide bonds. The number of hydrogen-bond acceptors (Lipinski definition) is 3. The molecule has 0 bridgehead atoms. The van der Waals surface area contributed by atoms with Gasteiger partial charge in [-0.05, 0) is 29.6 Å². The van der Waals surface area contributed by atoms with E-state index >= 15 is 0 Å². The van der Waals surface area contributed by atoms with Gasteiger partial charge in [-0.1, -0.05) is 27.5 Å². The molecule has 2 nitrogen and oxygen atoms in total. The quantitative estimate of drug-likeness (QED) is 0.673. The molecule has 0 saturated heterocycles. The molecule has 0 fully saturated rings. The summed E-state index contributed by atoms with van der Waals surface area (Å²) in [6.45, 7) is 0. The Morgan fingerprint density at radius 1 is 1.38 bits per heavy atom. The van der Waals surface area contributed by atoms with Gasteiger partial charge in [0.2, 0.25) is 5.78 Å². The number of nitrogen functional groups attached to an aromatic ring is 1. The fraction of sp³-hybridized carbons (Fsp3) is 0. The summed E-state index contributed by atoms with van der Waals surface area (Å²) in [7, 11) is 0. The van der Waals surface area contributed by atoms with Crippen molar-refractivity contribution in [2.45, 2.75) is 0 Å². The summed E-state index contributed by atoms with van der Waals surface area (Å²) in [6.07, 6.45) is 0. The molecule has 82 valence electrons. The van der Waals surface area contributed by atoms with Gasteiger partial charge in [0.25, 0.3) is 0 Å². The van der Waals surface area contributed by atoms with Gasteiger partial charge in [-0.25, -0.2) is 0 Å². The van der Waals surface area contributed by atoms with Crippen molar-refractivity contribution in [1.82, 2.24) is 0 Å². The van der Waals surface area contributed by atoms with E-state index in [2.05, 4.69) is 15.9 Å². The van der Waals surface area contributed by atoms with E-state index in [1.165, 1.54) is 11.3 Å². The fourth-order valence-corrected chi connectivity index (χ4v) is 2.82. The Labute approximate surface area is 110 Å². The monoisotopic (exact) mass is 315 g/mol. The second-order valence-corrected chi connectivity index (χ2v) is 5.34. The van der Waals surface area contributed by atoms with E-state index in [1.807, 2.05) is 0 Å². The van der Waals surface area contributed by atoms with Crippen molar-refractivity contribution in [1.29, 1.82) is 0 Å². The topological polar surface area (TPSA) is 43.1 Å². The molecule has 0 aliphatic heterocycles. The Morgan fingerprint density at radius 2 is 2.12 bits per heavy atom. The van der Waals surface area contributed by atoms with Gasteiger partial charge in [-0.15, -0.1) is 11.3 Å². The number of carbonyl (C=O) groups excluding carboxylic acids is 1. The van der Waals surface area contributed by atoms with Crippen LogP contribution >= 0.6 is 38.9 Å². The summed E-state index contributed by atoms with van der Waals surface area (Å²) in [5, 5.41) is 2.26. The number of nitrogens with two attached hydrogens (primary N) is 1. The standard InChI is InChI=1S/C11H7BrClNOS/c12-8-2-1-6(14)5-7(8)10(15)11-9(13)3-4-16-11/h1-5H,14H2. The highest BCUT2D eigenvalue weighted by Crippen LogP contribution is 2.28. The third kappa shape index (κ3) is 2.14. The lowest BCUT2D eigenvalue weighted by Gasteiger charge is -2.03. The number of ketones is 1. The molecular formula is C11H7BrClNOS. The zero-order valence-corrected chi connectivity index (χ0v) is 11.2. The number of benzene rings is 1. The summed E-state index contributed by atoms with van der Waals surface area (Å²) in [5.41, 5.74) is 6.74. The van der Waals surface area contributed by atoms with Crippen LogP contribution in [0.4, 0.5) is 5.69 Å². The first-order valence-corrected chi connectivity index (χ1v) is 6.47. The second-order valence-electron chi connectivity index (χ2n) is 3.17. The summed E-state index contributed by atoms with van der Waals surface area (Å²) < 4.78 is 0.719. The molecule has 16 heavy (non-hydrogen) atoms. The van der Waals surface area contributed by atoms with Crippen LogP contribution in [-0.4, -0.2) is 5.78 Å². The number of hydrogen-bond donors (Lipinski definition) is 1. The summed E-state index contributed by atoms with van der Waals surface area (Å²) in [4.78, 5) is 12.7. The molecule has 0 unspecified atom stereocenters. The highest BCUT2D eigenvalue weighted by Gasteiger charge is 2.16. The van der Waals surface area contributed by atoms with E-state index in [-0.39, 0.29) is 5.78 Å². The minimum Gasteiger partial charge on any atom is -0.399 e. The average molecular weight is 317 g/mol. The molecule has 0 atom stereocenters. The molecule has 0 spiro atoms. The van der Waals surface area contributed by atoms with Crippen molar-refractivity contribution in [2.75, 3.05) is 5.73 Å². The van der Waals surface area contributed by atoms with Gasteiger partial charge < -0.3 is 5.73 Å². The summed E-state index contributed by atoms with van der Waals surface area (Å²) in [6, 6.07) is 6.84. The van der Waals surface area contributed by atoms with Crippen molar-refractivity contribution in [3.8, 4) is 0 Å². The van der Waals surface area contributed by atoms with E-state index in [9.17, 15) is 4.79 Å². The van der Waals surface area contributed by atoms with Crippen LogP contribution in [-0.2, 0) is 0 Å². The van der Waals surface area contributed by atoms with Crippen LogP contribution in [0.1, 0.15) is 15.2 Å². The molecule has 0 radical (unpaired) electrons. The Bertz CT molecular complexity index is 553. The maximum atomic E-state index is 12.1. The number of rotatable bonds is 2. The van der Waals surface area contributed by atoms with Gasteiger partial charge in [0, 0.05) is 15.7 Å². The van der Waals surface area contributed by atoms with E-state index < -0.39 is 0 Å². The van der Waals surface area contributed by atoms with Crippen molar-refractivity contribution >= 4 is 50.3 Å². The SMILES string of the molecule is Nc1ccc(Br)c(C(=O)c2sccc2Cl)c1. The normalized spacial score (nSPS) is 10.4. The van der Waals surface area contributed by atoms with Gasteiger partial charge in [0.15, 0.2) is 0 Å². The highest BCUT2D eigenvalue weighted by molar-refractivity contribution is 9.10. The van der Waals surface area contributed by atoms with Gasteiger partial charge in [-0.2, -0.15) is 0 Å². The van der Waals surface area contributed by atoms with E-state index in [0.717, 1.165) is 4.47 Å². The summed E-state index contributed by atoms with van der Waals surface area (Å²) >= 11 is 10.6. The minimum absolute atomic E-state index is 0.112. The number of carbonyl (C=O) groups is 1. The predicted molar refractivity (Wildman–Crippen MR) is 71.3 cm³/mol. The molecule has 1 heterocycles. The van der Waals surface area contributed by atoms with Crippen molar-refractivity contribution in [2.24, 2.45) is 0 Å². The van der Waals surface area contributed by atoms with Gasteiger partial charge in [0.05, 0.1) is 9.90 Å².